The summed E-state index contributed by atoms with van der Waals surface area (Å²) in [7, 11) is -3.33. The van der Waals surface area contributed by atoms with Crippen molar-refractivity contribution in [3.8, 4) is 0 Å². The van der Waals surface area contributed by atoms with Crippen LogP contribution in [-0.4, -0.2) is 35.5 Å². The molecule has 1 saturated carbocycles. The lowest BCUT2D eigenvalue weighted by atomic mass is 10.0. The molecule has 2 amide bonds. The minimum atomic E-state index is -3.33. The van der Waals surface area contributed by atoms with Crippen molar-refractivity contribution in [2.45, 2.75) is 49.2 Å². The average Bonchev–Trinajstić information content (AvgIpc) is 2.87. The van der Waals surface area contributed by atoms with Gasteiger partial charge in [0.2, 0.25) is 11.9 Å². The normalized spacial score (nSPS) is 14.2. The molecule has 0 radical (unpaired) electrons. The van der Waals surface area contributed by atoms with Crippen molar-refractivity contribution >= 4 is 56.3 Å². The lowest BCUT2D eigenvalue weighted by Gasteiger charge is -2.21. The van der Waals surface area contributed by atoms with Crippen molar-refractivity contribution < 1.29 is 18.0 Å². The van der Waals surface area contributed by atoms with E-state index in [0.29, 0.717) is 34.8 Å². The molecule has 3 N–H and O–H groups in total. The molecule has 1 aliphatic carbocycles. The molecule has 2 aromatic carbocycles. The molecule has 36 heavy (non-hydrogen) atoms. The fourth-order valence-electron chi connectivity index (χ4n) is 4.06. The van der Waals surface area contributed by atoms with Crippen molar-refractivity contribution in [3.63, 3.8) is 0 Å². The third-order valence-corrected chi connectivity index (χ3v) is 8.48. The first kappa shape index (κ1) is 25.6. The van der Waals surface area contributed by atoms with Gasteiger partial charge in [-0.1, -0.05) is 30.9 Å². The summed E-state index contributed by atoms with van der Waals surface area (Å²) < 4.78 is 25.7. The first-order valence-electron chi connectivity index (χ1n) is 11.5. The number of carbonyl (C=O) groups is 2. The maximum Gasteiger partial charge on any atom is 0.257 e. The molecule has 0 spiro atoms. The summed E-state index contributed by atoms with van der Waals surface area (Å²) in [6.07, 6.45) is 7.29. The van der Waals surface area contributed by atoms with Gasteiger partial charge in [0.1, 0.15) is 0 Å². The van der Waals surface area contributed by atoms with Crippen LogP contribution in [0.25, 0.3) is 0 Å². The average molecular weight is 528 g/mol. The fourth-order valence-corrected chi connectivity index (χ4v) is 6.12. The molecular weight excluding hydrogens is 502 g/mol. The summed E-state index contributed by atoms with van der Waals surface area (Å²) in [4.78, 5) is 32.6. The summed E-state index contributed by atoms with van der Waals surface area (Å²) in [6.45, 7) is 1.37. The summed E-state index contributed by atoms with van der Waals surface area (Å²) in [5.74, 6) is -0.464. The van der Waals surface area contributed by atoms with Gasteiger partial charge in [0, 0.05) is 18.3 Å². The molecule has 4 rings (SSSR count). The second kappa shape index (κ2) is 11.0. The van der Waals surface area contributed by atoms with Crippen molar-refractivity contribution in [1.82, 2.24) is 9.97 Å². The lowest BCUT2D eigenvalue weighted by molar-refractivity contribution is -0.114. The minimum Gasteiger partial charge on any atom is -0.326 e. The largest absolute Gasteiger partial charge is 0.326 e. The van der Waals surface area contributed by atoms with Gasteiger partial charge < -0.3 is 16.0 Å². The molecule has 0 saturated heterocycles. The number of rotatable bonds is 7. The van der Waals surface area contributed by atoms with Crippen LogP contribution in [-0.2, 0) is 14.6 Å². The molecule has 188 valence electrons. The van der Waals surface area contributed by atoms with Crippen LogP contribution >= 0.6 is 11.6 Å². The number of nitrogens with zero attached hydrogens (tertiary/aromatic N) is 2. The molecule has 11 heteroatoms. The van der Waals surface area contributed by atoms with Crippen LogP contribution in [0.4, 0.5) is 23.0 Å². The first-order valence-corrected chi connectivity index (χ1v) is 13.5. The number of carbonyl (C=O) groups excluding carboxylic acids is 2. The smallest absolute Gasteiger partial charge is 0.257 e. The van der Waals surface area contributed by atoms with Gasteiger partial charge in [0.05, 0.1) is 38.8 Å². The van der Waals surface area contributed by atoms with Gasteiger partial charge in [-0.15, -0.1) is 0 Å². The van der Waals surface area contributed by atoms with E-state index in [1.807, 2.05) is 0 Å². The Labute approximate surface area is 214 Å². The molecule has 0 aliphatic heterocycles. The molecule has 9 nitrogen and oxygen atoms in total. The summed E-state index contributed by atoms with van der Waals surface area (Å²) >= 11 is 6.14. The molecule has 0 unspecified atom stereocenters. The zero-order chi connectivity index (χ0) is 25.7. The highest BCUT2D eigenvalue weighted by molar-refractivity contribution is 7.92. The number of halogens is 1. The van der Waals surface area contributed by atoms with E-state index < -0.39 is 15.7 Å². The van der Waals surface area contributed by atoms with Crippen molar-refractivity contribution in [1.29, 1.82) is 0 Å². The molecule has 3 aromatic rings. The number of hydrogen-bond donors (Lipinski definition) is 3. The third kappa shape index (κ3) is 6.19. The number of anilines is 4. The molecule has 1 aromatic heterocycles. The van der Waals surface area contributed by atoms with Gasteiger partial charge in [-0.2, -0.15) is 0 Å². The van der Waals surface area contributed by atoms with Crippen LogP contribution in [0, 0.1) is 0 Å². The Kier molecular flexibility index (Phi) is 7.85. The molecule has 0 atom stereocenters. The number of hydrogen-bond acceptors (Lipinski definition) is 7. The van der Waals surface area contributed by atoms with Gasteiger partial charge >= 0.3 is 0 Å². The lowest BCUT2D eigenvalue weighted by Crippen LogP contribution is -2.24. The predicted molar refractivity (Wildman–Crippen MR) is 140 cm³/mol. The van der Waals surface area contributed by atoms with E-state index in [-0.39, 0.29) is 27.7 Å². The Morgan fingerprint density at radius 2 is 1.53 bits per heavy atom. The zero-order valence-electron chi connectivity index (χ0n) is 19.6. The summed E-state index contributed by atoms with van der Waals surface area (Å²) in [5, 5.41) is 8.22. The Balaban J connectivity index is 1.39. The summed E-state index contributed by atoms with van der Waals surface area (Å²) in [5.41, 5.74) is 1.62. The van der Waals surface area contributed by atoms with Gasteiger partial charge in [0.15, 0.2) is 9.84 Å². The highest BCUT2D eigenvalue weighted by atomic mass is 35.5. The van der Waals surface area contributed by atoms with E-state index in [4.69, 9.17) is 11.6 Å². The van der Waals surface area contributed by atoms with Gasteiger partial charge in [-0.05, 0) is 55.3 Å². The van der Waals surface area contributed by atoms with E-state index in [9.17, 15) is 18.0 Å². The monoisotopic (exact) mass is 527 g/mol. The highest BCUT2D eigenvalue weighted by Gasteiger charge is 2.28. The maximum absolute atomic E-state index is 12.9. The zero-order valence-corrected chi connectivity index (χ0v) is 21.2. The van der Waals surface area contributed by atoms with Crippen LogP contribution in [0.5, 0.6) is 0 Å². The predicted octanol–water partition coefficient (Wildman–Crippen LogP) is 5.19. The van der Waals surface area contributed by atoms with Crippen LogP contribution in [0.15, 0.2) is 59.8 Å². The van der Waals surface area contributed by atoms with E-state index in [2.05, 4.69) is 25.9 Å². The van der Waals surface area contributed by atoms with E-state index >= 15 is 0 Å². The second-order valence-electron chi connectivity index (χ2n) is 8.58. The van der Waals surface area contributed by atoms with E-state index in [1.165, 1.54) is 31.5 Å². The number of sulfone groups is 1. The molecule has 1 aliphatic rings. The van der Waals surface area contributed by atoms with E-state index in [1.54, 1.807) is 30.3 Å². The summed E-state index contributed by atoms with van der Waals surface area (Å²) in [6, 6.07) is 11.2. The Bertz CT molecular complexity index is 1360. The first-order chi connectivity index (χ1) is 17.2. The van der Waals surface area contributed by atoms with E-state index in [0.717, 1.165) is 19.3 Å². The van der Waals surface area contributed by atoms with Crippen LogP contribution in [0.1, 0.15) is 49.4 Å². The van der Waals surface area contributed by atoms with Gasteiger partial charge in [0.25, 0.3) is 5.91 Å². The van der Waals surface area contributed by atoms with Crippen molar-refractivity contribution in [3.05, 3.63) is 65.4 Å². The van der Waals surface area contributed by atoms with Crippen LogP contribution < -0.4 is 16.0 Å². The standard InChI is InChI=1S/C25H26ClN5O4S/c1-16(32)29-18-9-12-23(26)22(13-18)24(33)30-19-14-27-25(28-15-19)31-17-7-10-21(11-8-17)36(34,35)20-5-3-2-4-6-20/h7-15,20H,2-6H2,1H3,(H,29,32)(H,30,33)(H,27,28,31). The van der Waals surface area contributed by atoms with Gasteiger partial charge in [-0.25, -0.2) is 18.4 Å². The van der Waals surface area contributed by atoms with Crippen molar-refractivity contribution in [2.75, 3.05) is 16.0 Å². The SMILES string of the molecule is CC(=O)Nc1ccc(Cl)c(C(=O)Nc2cnc(Nc3ccc(S(=O)(=O)C4CCCCC4)cc3)nc2)c1. The maximum atomic E-state index is 12.9. The second-order valence-corrected chi connectivity index (χ2v) is 11.2. The number of nitrogens with one attached hydrogen (secondary N) is 3. The van der Waals surface area contributed by atoms with Crippen LogP contribution in [0.2, 0.25) is 5.02 Å². The molecule has 1 fully saturated rings. The molecule has 1 heterocycles. The molecular formula is C25H26ClN5O4S. The Morgan fingerprint density at radius 3 is 2.17 bits per heavy atom. The fraction of sp³-hybridized carbons (Fsp3) is 0.280. The number of amides is 2. The minimum absolute atomic E-state index is 0.188. The van der Waals surface area contributed by atoms with Crippen molar-refractivity contribution in [2.24, 2.45) is 0 Å². The molecule has 0 bridgehead atoms. The van der Waals surface area contributed by atoms with Crippen LogP contribution in [0.3, 0.4) is 0 Å². The third-order valence-electron chi connectivity index (χ3n) is 5.87. The van der Waals surface area contributed by atoms with Gasteiger partial charge in [-0.3, -0.25) is 9.59 Å². The quantitative estimate of drug-likeness (QED) is 0.385. The Hall–Kier alpha value is -3.50. The topological polar surface area (TPSA) is 130 Å². The number of benzene rings is 2. The Morgan fingerprint density at radius 1 is 0.889 bits per heavy atom. The number of aromatic nitrogens is 2. The highest BCUT2D eigenvalue weighted by Crippen LogP contribution is 2.29.